The summed E-state index contributed by atoms with van der Waals surface area (Å²) >= 11 is 0. The van der Waals surface area contributed by atoms with E-state index >= 15 is 0 Å². The number of hydrogen-bond acceptors (Lipinski definition) is 5. The molecule has 0 saturated heterocycles. The Labute approximate surface area is 88.7 Å². The lowest BCUT2D eigenvalue weighted by molar-refractivity contribution is 0.0602. The van der Waals surface area contributed by atoms with E-state index in [2.05, 4.69) is 10.3 Å². The predicted octanol–water partition coefficient (Wildman–Crippen LogP) is 0.245. The van der Waals surface area contributed by atoms with Crippen molar-refractivity contribution in [3.63, 3.8) is 0 Å². The van der Waals surface area contributed by atoms with Crippen molar-refractivity contribution in [2.24, 2.45) is 0 Å². The molecule has 0 bridgehead atoms. The van der Waals surface area contributed by atoms with E-state index in [0.29, 0.717) is 5.88 Å². The molecule has 0 unspecified atom stereocenters. The van der Waals surface area contributed by atoms with Crippen LogP contribution in [0.25, 0.3) is 0 Å². The van der Waals surface area contributed by atoms with Crippen LogP contribution in [0.15, 0.2) is 18.3 Å². The first-order chi connectivity index (χ1) is 7.31. The minimum atomic E-state index is -0.627. The maximum absolute atomic E-state index is 8.87. The van der Waals surface area contributed by atoms with Crippen LogP contribution in [-0.2, 0) is 0 Å². The van der Waals surface area contributed by atoms with Crippen LogP contribution in [0.3, 0.4) is 0 Å². The molecule has 1 aromatic rings. The molecule has 1 heterocycles. The van der Waals surface area contributed by atoms with E-state index in [-0.39, 0.29) is 13.2 Å². The molecule has 0 saturated carbocycles. The molecule has 0 aliphatic carbocycles. The average Bonchev–Trinajstić information content (AvgIpc) is 2.28. The molecule has 0 atom stereocenters. The Morgan fingerprint density at radius 2 is 2.20 bits per heavy atom. The first kappa shape index (κ1) is 11.7. The van der Waals surface area contributed by atoms with Crippen molar-refractivity contribution in [1.82, 2.24) is 4.98 Å². The fraction of sp³-hybridized carbons (Fsp3) is 0.500. The van der Waals surface area contributed by atoms with E-state index in [1.54, 1.807) is 12.3 Å². The van der Waals surface area contributed by atoms with E-state index in [9.17, 15) is 0 Å². The van der Waals surface area contributed by atoms with Gasteiger partial charge in [0, 0.05) is 12.7 Å². The lowest BCUT2D eigenvalue weighted by Gasteiger charge is -2.16. The van der Waals surface area contributed by atoms with Crippen molar-refractivity contribution in [1.29, 1.82) is 0 Å². The first-order valence-corrected chi connectivity index (χ1v) is 4.89. The van der Waals surface area contributed by atoms with E-state index in [1.165, 1.54) is 0 Å². The maximum atomic E-state index is 8.87. The normalized spacial score (nSPS) is 10.4. The smallest absolute Gasteiger partial charge is 0.237 e. The van der Waals surface area contributed by atoms with Gasteiger partial charge in [-0.1, -0.05) is 0 Å². The molecule has 0 aromatic carbocycles. The quantitative estimate of drug-likeness (QED) is 0.630. The van der Waals surface area contributed by atoms with E-state index in [0.717, 1.165) is 12.2 Å². The van der Waals surface area contributed by atoms with Crippen LogP contribution in [0.2, 0.25) is 0 Å². The van der Waals surface area contributed by atoms with Crippen LogP contribution in [0.5, 0.6) is 5.88 Å². The van der Waals surface area contributed by atoms with Gasteiger partial charge in [-0.05, 0) is 19.1 Å². The summed E-state index contributed by atoms with van der Waals surface area (Å²) in [7, 11) is 0. The van der Waals surface area contributed by atoms with Crippen molar-refractivity contribution in [2.75, 3.05) is 25.1 Å². The van der Waals surface area contributed by atoms with Crippen molar-refractivity contribution >= 4 is 5.69 Å². The second-order valence-corrected chi connectivity index (χ2v) is 2.99. The summed E-state index contributed by atoms with van der Waals surface area (Å²) in [6, 6.07) is 3.62. The summed E-state index contributed by atoms with van der Waals surface area (Å²) in [5, 5.41) is 20.8. The van der Waals surface area contributed by atoms with Crippen molar-refractivity contribution < 1.29 is 14.9 Å². The Bertz CT molecular complexity index is 290. The van der Waals surface area contributed by atoms with Crippen LogP contribution >= 0.6 is 0 Å². The minimum absolute atomic E-state index is 0.237. The van der Waals surface area contributed by atoms with Gasteiger partial charge in [-0.25, -0.2) is 4.98 Å². The predicted molar refractivity (Wildman–Crippen MR) is 57.0 cm³/mol. The van der Waals surface area contributed by atoms with Gasteiger partial charge in [-0.15, -0.1) is 0 Å². The SMILES string of the molecule is CCNc1cccnc1OC(CO)CO. The van der Waals surface area contributed by atoms with Crippen LogP contribution < -0.4 is 10.1 Å². The number of ether oxygens (including phenoxy) is 1. The maximum Gasteiger partial charge on any atom is 0.237 e. The minimum Gasteiger partial charge on any atom is -0.468 e. The topological polar surface area (TPSA) is 74.6 Å². The Morgan fingerprint density at radius 1 is 1.47 bits per heavy atom. The van der Waals surface area contributed by atoms with Gasteiger partial charge < -0.3 is 20.3 Å². The largest absolute Gasteiger partial charge is 0.468 e. The molecule has 0 spiro atoms. The second-order valence-electron chi connectivity index (χ2n) is 2.99. The number of aromatic nitrogens is 1. The monoisotopic (exact) mass is 212 g/mol. The standard InChI is InChI=1S/C10H16N2O3/c1-2-11-9-4-3-5-12-10(9)15-8(6-13)7-14/h3-5,8,11,13-14H,2,6-7H2,1H3. The number of nitrogens with one attached hydrogen (secondary N) is 1. The number of aliphatic hydroxyl groups excluding tert-OH is 2. The van der Waals surface area contributed by atoms with Crippen LogP contribution in [0, 0.1) is 0 Å². The van der Waals surface area contributed by atoms with Crippen molar-refractivity contribution in [2.45, 2.75) is 13.0 Å². The molecule has 1 aromatic heterocycles. The molecule has 0 aliphatic heterocycles. The van der Waals surface area contributed by atoms with Gasteiger partial charge in [0.15, 0.2) is 0 Å². The zero-order chi connectivity index (χ0) is 11.1. The van der Waals surface area contributed by atoms with Gasteiger partial charge in [-0.3, -0.25) is 0 Å². The Kier molecular flexibility index (Phi) is 4.86. The highest BCUT2D eigenvalue weighted by Gasteiger charge is 2.11. The number of hydrogen-bond donors (Lipinski definition) is 3. The fourth-order valence-corrected chi connectivity index (χ4v) is 1.10. The molecular weight excluding hydrogens is 196 g/mol. The number of nitrogens with zero attached hydrogens (tertiary/aromatic N) is 1. The van der Waals surface area contributed by atoms with Crippen LogP contribution in [-0.4, -0.2) is 41.1 Å². The summed E-state index contributed by atoms with van der Waals surface area (Å²) in [4.78, 5) is 4.03. The van der Waals surface area contributed by atoms with Gasteiger partial charge in [0.2, 0.25) is 5.88 Å². The number of anilines is 1. The Balaban J connectivity index is 2.73. The highest BCUT2D eigenvalue weighted by atomic mass is 16.5. The zero-order valence-electron chi connectivity index (χ0n) is 8.68. The second kappa shape index (κ2) is 6.21. The highest BCUT2D eigenvalue weighted by Crippen LogP contribution is 2.21. The van der Waals surface area contributed by atoms with Gasteiger partial charge >= 0.3 is 0 Å². The number of aliphatic hydroxyl groups is 2. The first-order valence-electron chi connectivity index (χ1n) is 4.89. The van der Waals surface area contributed by atoms with Crippen molar-refractivity contribution in [3.8, 4) is 5.88 Å². The number of pyridine rings is 1. The fourth-order valence-electron chi connectivity index (χ4n) is 1.10. The van der Waals surface area contributed by atoms with Gasteiger partial charge in [-0.2, -0.15) is 0 Å². The van der Waals surface area contributed by atoms with E-state index < -0.39 is 6.10 Å². The highest BCUT2D eigenvalue weighted by molar-refractivity contribution is 5.51. The Hall–Kier alpha value is -1.33. The lowest BCUT2D eigenvalue weighted by atomic mass is 10.3. The van der Waals surface area contributed by atoms with Crippen LogP contribution in [0.4, 0.5) is 5.69 Å². The molecule has 5 heteroatoms. The molecule has 0 aliphatic rings. The number of rotatable bonds is 6. The average molecular weight is 212 g/mol. The van der Waals surface area contributed by atoms with Crippen LogP contribution in [0.1, 0.15) is 6.92 Å². The summed E-state index contributed by atoms with van der Waals surface area (Å²) in [6.07, 6.45) is 0.972. The molecule has 5 nitrogen and oxygen atoms in total. The molecule has 1 rings (SSSR count). The molecule has 0 amide bonds. The summed E-state index contributed by atoms with van der Waals surface area (Å²) in [5.74, 6) is 0.396. The molecule has 0 radical (unpaired) electrons. The van der Waals surface area contributed by atoms with Crippen molar-refractivity contribution in [3.05, 3.63) is 18.3 Å². The zero-order valence-corrected chi connectivity index (χ0v) is 8.68. The van der Waals surface area contributed by atoms with Gasteiger partial charge in [0.1, 0.15) is 6.10 Å². The van der Waals surface area contributed by atoms with Gasteiger partial charge in [0.25, 0.3) is 0 Å². The third-order valence-corrected chi connectivity index (χ3v) is 1.82. The third-order valence-electron chi connectivity index (χ3n) is 1.82. The van der Waals surface area contributed by atoms with E-state index in [1.807, 2.05) is 13.0 Å². The summed E-state index contributed by atoms with van der Waals surface area (Å²) < 4.78 is 5.32. The molecule has 3 N–H and O–H groups in total. The Morgan fingerprint density at radius 3 is 2.80 bits per heavy atom. The summed E-state index contributed by atoms with van der Waals surface area (Å²) in [6.45, 7) is 2.24. The molecular formula is C10H16N2O3. The molecule has 0 fully saturated rings. The molecule has 15 heavy (non-hydrogen) atoms. The third kappa shape index (κ3) is 3.38. The van der Waals surface area contributed by atoms with E-state index in [4.69, 9.17) is 14.9 Å². The lowest BCUT2D eigenvalue weighted by Crippen LogP contribution is -2.26. The van der Waals surface area contributed by atoms with Gasteiger partial charge in [0.05, 0.1) is 18.9 Å². The molecule has 84 valence electrons. The summed E-state index contributed by atoms with van der Waals surface area (Å²) in [5.41, 5.74) is 0.756.